The Morgan fingerprint density at radius 3 is 2.34 bits per heavy atom. The molecule has 3 aromatic rings. The van der Waals surface area contributed by atoms with Crippen LogP contribution in [-0.4, -0.2) is 20.1 Å². The molecule has 1 aromatic heterocycles. The average molecular weight is 414 g/mol. The molecule has 5 heteroatoms. The van der Waals surface area contributed by atoms with E-state index in [-0.39, 0.29) is 11.2 Å². The van der Waals surface area contributed by atoms with Gasteiger partial charge in [-0.3, -0.25) is 0 Å². The van der Waals surface area contributed by atoms with E-state index >= 15 is 0 Å². The summed E-state index contributed by atoms with van der Waals surface area (Å²) >= 11 is 6.09. The molecule has 0 saturated heterocycles. The predicted octanol–water partition coefficient (Wildman–Crippen LogP) is 6.98. The Morgan fingerprint density at radius 1 is 0.931 bits per heavy atom. The summed E-state index contributed by atoms with van der Waals surface area (Å²) < 4.78 is 0. The number of benzene rings is 2. The van der Waals surface area contributed by atoms with Crippen LogP contribution in [0.4, 0.5) is 0 Å². The van der Waals surface area contributed by atoms with Crippen molar-refractivity contribution in [1.29, 1.82) is 0 Å². The molecule has 0 aliphatic heterocycles. The van der Waals surface area contributed by atoms with Gasteiger partial charge >= 0.3 is 0 Å². The number of aromatic nitrogens is 3. The summed E-state index contributed by atoms with van der Waals surface area (Å²) in [4.78, 5) is 1.54. The molecule has 0 spiro atoms. The van der Waals surface area contributed by atoms with Crippen LogP contribution in [0.3, 0.4) is 0 Å². The van der Waals surface area contributed by atoms with Crippen LogP contribution in [0, 0.1) is 0 Å². The van der Waals surface area contributed by atoms with Gasteiger partial charge in [0.15, 0.2) is 0 Å². The first-order chi connectivity index (χ1) is 13.8. The molecule has 0 fully saturated rings. The molecule has 0 atom stereocenters. The smallest absolute Gasteiger partial charge is 0.146 e. The number of phenolic OH excluding ortho intramolecular Hbond substituents is 1. The number of hydrogen-bond acceptors (Lipinski definition) is 3. The minimum atomic E-state index is -0.175. The monoisotopic (exact) mass is 413 g/mol. The van der Waals surface area contributed by atoms with Gasteiger partial charge in [0, 0.05) is 10.6 Å². The van der Waals surface area contributed by atoms with Crippen molar-refractivity contribution in [2.75, 3.05) is 0 Å². The number of aromatic hydroxyl groups is 1. The molecule has 0 unspecified atom stereocenters. The molecule has 1 N–H and O–H groups in total. The zero-order valence-electron chi connectivity index (χ0n) is 18.0. The van der Waals surface area contributed by atoms with E-state index in [0.29, 0.717) is 10.7 Å². The van der Waals surface area contributed by atoms with Gasteiger partial charge in [-0.1, -0.05) is 77.5 Å². The van der Waals surface area contributed by atoms with Crippen LogP contribution in [0.25, 0.3) is 16.7 Å². The number of fused-ring (bicyclic) bond motifs is 1. The van der Waals surface area contributed by atoms with Gasteiger partial charge in [0.1, 0.15) is 22.5 Å². The maximum absolute atomic E-state index is 11.0. The number of aryl methyl sites for hydroxylation is 1. The van der Waals surface area contributed by atoms with Crippen LogP contribution < -0.4 is 0 Å². The second-order valence-corrected chi connectivity index (χ2v) is 9.34. The summed E-state index contributed by atoms with van der Waals surface area (Å²) in [5.41, 5.74) is 4.08. The third kappa shape index (κ3) is 5.30. The molecule has 0 aliphatic rings. The summed E-state index contributed by atoms with van der Waals surface area (Å²) in [6.07, 6.45) is 8.58. The zero-order chi connectivity index (χ0) is 21.0. The Balaban J connectivity index is 1.92. The summed E-state index contributed by atoms with van der Waals surface area (Å²) in [6, 6.07) is 9.62. The van der Waals surface area contributed by atoms with Crippen molar-refractivity contribution in [2.45, 2.75) is 78.1 Å². The van der Waals surface area contributed by atoms with Crippen molar-refractivity contribution in [2.24, 2.45) is 0 Å². The fourth-order valence-electron chi connectivity index (χ4n) is 3.65. The van der Waals surface area contributed by atoms with E-state index in [2.05, 4.69) is 44.0 Å². The topological polar surface area (TPSA) is 50.9 Å². The average Bonchev–Trinajstić information content (AvgIpc) is 3.07. The molecule has 0 bridgehead atoms. The Morgan fingerprint density at radius 2 is 1.62 bits per heavy atom. The largest absolute Gasteiger partial charge is 0.505 e. The van der Waals surface area contributed by atoms with Gasteiger partial charge in [-0.25, -0.2) is 0 Å². The summed E-state index contributed by atoms with van der Waals surface area (Å²) in [6.45, 7) is 8.60. The molecule has 2 aromatic carbocycles. The third-order valence-electron chi connectivity index (χ3n) is 5.33. The van der Waals surface area contributed by atoms with Gasteiger partial charge in [0.25, 0.3) is 0 Å². The van der Waals surface area contributed by atoms with E-state index in [1.807, 2.05) is 12.1 Å². The van der Waals surface area contributed by atoms with Gasteiger partial charge in [-0.05, 0) is 48.1 Å². The van der Waals surface area contributed by atoms with Crippen LogP contribution in [0.2, 0.25) is 5.02 Å². The highest BCUT2D eigenvalue weighted by Gasteiger charge is 2.23. The number of unbranched alkanes of at least 4 members (excludes halogenated alkanes) is 5. The van der Waals surface area contributed by atoms with Crippen molar-refractivity contribution in [3.8, 4) is 11.4 Å². The standard InChI is InChI=1S/C24H32ClN3O/c1-5-6-7-8-9-10-11-17-14-19(24(2,3)4)23(29)22(15-17)28-26-20-13-12-18(25)16-21(20)27-28/h12-16,29H,5-11H2,1-4H3. The van der Waals surface area contributed by atoms with E-state index in [1.165, 1.54) is 42.5 Å². The maximum Gasteiger partial charge on any atom is 0.146 e. The lowest BCUT2D eigenvalue weighted by atomic mass is 9.84. The van der Waals surface area contributed by atoms with Crippen LogP contribution >= 0.6 is 11.6 Å². The SMILES string of the molecule is CCCCCCCCc1cc(-n2nc3ccc(Cl)cc3n2)c(O)c(C(C)(C)C)c1. The lowest BCUT2D eigenvalue weighted by molar-refractivity contribution is 0.440. The fourth-order valence-corrected chi connectivity index (χ4v) is 3.82. The quantitative estimate of drug-likeness (QED) is 0.405. The Kier molecular flexibility index (Phi) is 6.84. The lowest BCUT2D eigenvalue weighted by Gasteiger charge is -2.23. The van der Waals surface area contributed by atoms with Crippen molar-refractivity contribution in [3.63, 3.8) is 0 Å². The molecular formula is C24H32ClN3O. The van der Waals surface area contributed by atoms with Crippen molar-refractivity contribution >= 4 is 22.6 Å². The first kappa shape index (κ1) is 21.6. The Bertz CT molecular complexity index is 972. The maximum atomic E-state index is 11.0. The Hall–Kier alpha value is -2.07. The highest BCUT2D eigenvalue weighted by atomic mass is 35.5. The van der Waals surface area contributed by atoms with Gasteiger partial charge in [0.05, 0.1) is 0 Å². The van der Waals surface area contributed by atoms with Crippen molar-refractivity contribution in [1.82, 2.24) is 15.0 Å². The van der Waals surface area contributed by atoms with Crippen LogP contribution in [-0.2, 0) is 11.8 Å². The highest BCUT2D eigenvalue weighted by molar-refractivity contribution is 6.31. The van der Waals surface area contributed by atoms with Gasteiger partial charge < -0.3 is 5.11 Å². The van der Waals surface area contributed by atoms with Gasteiger partial charge in [-0.15, -0.1) is 15.0 Å². The minimum absolute atomic E-state index is 0.175. The van der Waals surface area contributed by atoms with Crippen LogP contribution in [0.15, 0.2) is 30.3 Å². The number of halogens is 1. The van der Waals surface area contributed by atoms with E-state index in [4.69, 9.17) is 11.6 Å². The predicted molar refractivity (Wildman–Crippen MR) is 121 cm³/mol. The van der Waals surface area contributed by atoms with Crippen molar-refractivity contribution < 1.29 is 5.11 Å². The van der Waals surface area contributed by atoms with Crippen LogP contribution in [0.5, 0.6) is 5.75 Å². The summed E-state index contributed by atoms with van der Waals surface area (Å²) in [5.74, 6) is 0.246. The second kappa shape index (κ2) is 9.17. The molecule has 0 radical (unpaired) electrons. The number of hydrogen-bond donors (Lipinski definition) is 1. The summed E-state index contributed by atoms with van der Waals surface area (Å²) in [5, 5.41) is 20.8. The zero-order valence-corrected chi connectivity index (χ0v) is 18.8. The second-order valence-electron chi connectivity index (χ2n) is 8.90. The highest BCUT2D eigenvalue weighted by Crippen LogP contribution is 2.36. The third-order valence-corrected chi connectivity index (χ3v) is 5.57. The normalized spacial score (nSPS) is 12.0. The number of phenols is 1. The molecule has 0 saturated carbocycles. The number of nitrogens with zero attached hydrogens (tertiary/aromatic N) is 3. The fraction of sp³-hybridized carbons (Fsp3) is 0.500. The molecule has 1 heterocycles. The first-order valence-electron chi connectivity index (χ1n) is 10.7. The molecule has 29 heavy (non-hydrogen) atoms. The number of rotatable bonds is 8. The molecular weight excluding hydrogens is 382 g/mol. The lowest BCUT2D eigenvalue weighted by Crippen LogP contribution is -2.14. The van der Waals surface area contributed by atoms with Crippen molar-refractivity contribution in [3.05, 3.63) is 46.5 Å². The van der Waals surface area contributed by atoms with Gasteiger partial charge in [0.2, 0.25) is 0 Å². The van der Waals surface area contributed by atoms with Crippen LogP contribution in [0.1, 0.15) is 77.3 Å². The minimum Gasteiger partial charge on any atom is -0.505 e. The molecule has 0 amide bonds. The van der Waals surface area contributed by atoms with Gasteiger partial charge in [-0.2, -0.15) is 0 Å². The first-order valence-corrected chi connectivity index (χ1v) is 11.1. The van der Waals surface area contributed by atoms with E-state index in [0.717, 1.165) is 29.4 Å². The van der Waals surface area contributed by atoms with E-state index < -0.39 is 0 Å². The molecule has 4 nitrogen and oxygen atoms in total. The molecule has 156 valence electrons. The molecule has 0 aliphatic carbocycles. The van der Waals surface area contributed by atoms with E-state index in [1.54, 1.807) is 12.1 Å². The van der Waals surface area contributed by atoms with E-state index in [9.17, 15) is 5.11 Å². The Labute approximate surface area is 178 Å². The summed E-state index contributed by atoms with van der Waals surface area (Å²) in [7, 11) is 0. The molecule has 3 rings (SSSR count).